The molecule has 0 bridgehead atoms. The maximum Gasteiger partial charge on any atom is 0.411 e. The maximum absolute atomic E-state index is 12.5. The Morgan fingerprint density at radius 2 is 1.81 bits per heavy atom. The number of benzene rings is 1. The first kappa shape index (κ1) is 19.8. The van der Waals surface area contributed by atoms with E-state index < -0.39 is 23.3 Å². The SMILES string of the molecule is CC(C)(C)OC(=O)N1CCN(C(=O)OCc2ccccc2)C(C)(C=O)C1. The fourth-order valence-electron chi connectivity index (χ4n) is 2.71. The molecule has 2 rings (SSSR count). The van der Waals surface area contributed by atoms with Crippen LogP contribution in [0.25, 0.3) is 0 Å². The van der Waals surface area contributed by atoms with E-state index in [-0.39, 0.29) is 26.2 Å². The van der Waals surface area contributed by atoms with Gasteiger partial charge in [0.05, 0.1) is 6.54 Å². The molecule has 1 aliphatic rings. The van der Waals surface area contributed by atoms with Crippen molar-refractivity contribution in [3.63, 3.8) is 0 Å². The van der Waals surface area contributed by atoms with Gasteiger partial charge in [0.1, 0.15) is 24.0 Å². The van der Waals surface area contributed by atoms with Crippen molar-refractivity contribution in [2.45, 2.75) is 45.4 Å². The molecule has 0 aliphatic carbocycles. The molecule has 0 saturated carbocycles. The lowest BCUT2D eigenvalue weighted by Crippen LogP contribution is -2.64. The van der Waals surface area contributed by atoms with Crippen LogP contribution in [0, 0.1) is 0 Å². The molecule has 1 unspecified atom stereocenters. The van der Waals surface area contributed by atoms with Crippen LogP contribution in [-0.2, 0) is 20.9 Å². The Hall–Kier alpha value is -2.57. The second-order valence-corrected chi connectivity index (χ2v) is 7.57. The smallest absolute Gasteiger partial charge is 0.411 e. The molecule has 0 radical (unpaired) electrons. The molecule has 1 fully saturated rings. The van der Waals surface area contributed by atoms with Crippen LogP contribution in [0.5, 0.6) is 0 Å². The molecule has 7 nitrogen and oxygen atoms in total. The summed E-state index contributed by atoms with van der Waals surface area (Å²) >= 11 is 0. The summed E-state index contributed by atoms with van der Waals surface area (Å²) in [5.74, 6) is 0. The summed E-state index contributed by atoms with van der Waals surface area (Å²) in [5.41, 5.74) is -0.926. The molecular formula is C19H26N2O5. The van der Waals surface area contributed by atoms with Gasteiger partial charge in [0.15, 0.2) is 0 Å². The van der Waals surface area contributed by atoms with Gasteiger partial charge < -0.3 is 19.2 Å². The molecule has 7 heteroatoms. The number of aldehydes is 1. The molecule has 26 heavy (non-hydrogen) atoms. The highest BCUT2D eigenvalue weighted by atomic mass is 16.6. The van der Waals surface area contributed by atoms with Crippen LogP contribution in [0.1, 0.15) is 33.3 Å². The minimum atomic E-state index is -1.16. The summed E-state index contributed by atoms with van der Waals surface area (Å²) in [7, 11) is 0. The number of hydrogen-bond acceptors (Lipinski definition) is 5. The minimum Gasteiger partial charge on any atom is -0.445 e. The van der Waals surface area contributed by atoms with E-state index in [9.17, 15) is 14.4 Å². The molecule has 142 valence electrons. The number of piperazine rings is 1. The highest BCUT2D eigenvalue weighted by Gasteiger charge is 2.43. The lowest BCUT2D eigenvalue weighted by Gasteiger charge is -2.44. The topological polar surface area (TPSA) is 76.2 Å². The van der Waals surface area contributed by atoms with Crippen LogP contribution in [0.3, 0.4) is 0 Å². The average Bonchev–Trinajstić information content (AvgIpc) is 2.59. The molecular weight excluding hydrogens is 336 g/mol. The summed E-state index contributed by atoms with van der Waals surface area (Å²) < 4.78 is 10.7. The number of carbonyl (C=O) groups is 3. The highest BCUT2D eigenvalue weighted by Crippen LogP contribution is 2.23. The molecule has 1 atom stereocenters. The van der Waals surface area contributed by atoms with Gasteiger partial charge in [-0.1, -0.05) is 30.3 Å². The summed E-state index contributed by atoms with van der Waals surface area (Å²) in [5, 5.41) is 0. The van der Waals surface area contributed by atoms with Gasteiger partial charge in [-0.25, -0.2) is 9.59 Å². The van der Waals surface area contributed by atoms with E-state index in [0.29, 0.717) is 6.29 Å². The first-order chi connectivity index (χ1) is 12.1. The van der Waals surface area contributed by atoms with Crippen LogP contribution in [0.4, 0.5) is 9.59 Å². The van der Waals surface area contributed by atoms with E-state index in [2.05, 4.69) is 0 Å². The minimum absolute atomic E-state index is 0.0614. The van der Waals surface area contributed by atoms with Gasteiger partial charge in [0.2, 0.25) is 0 Å². The van der Waals surface area contributed by atoms with Crippen LogP contribution in [0.2, 0.25) is 0 Å². The van der Waals surface area contributed by atoms with Crippen LogP contribution >= 0.6 is 0 Å². The van der Waals surface area contributed by atoms with Crippen molar-refractivity contribution in [3.8, 4) is 0 Å². The zero-order valence-corrected chi connectivity index (χ0v) is 15.7. The number of hydrogen-bond donors (Lipinski definition) is 0. The van der Waals surface area contributed by atoms with E-state index in [1.54, 1.807) is 27.7 Å². The molecule has 1 heterocycles. The Labute approximate surface area is 153 Å². The molecule has 1 saturated heterocycles. The first-order valence-corrected chi connectivity index (χ1v) is 8.57. The lowest BCUT2D eigenvalue weighted by atomic mass is 9.99. The zero-order valence-electron chi connectivity index (χ0n) is 15.7. The van der Waals surface area contributed by atoms with Crippen molar-refractivity contribution in [3.05, 3.63) is 35.9 Å². The number of nitrogens with zero attached hydrogens (tertiary/aromatic N) is 2. The third-order valence-corrected chi connectivity index (χ3v) is 4.05. The van der Waals surface area contributed by atoms with Crippen molar-refractivity contribution < 1.29 is 23.9 Å². The van der Waals surface area contributed by atoms with E-state index >= 15 is 0 Å². The van der Waals surface area contributed by atoms with Crippen LogP contribution < -0.4 is 0 Å². The normalized spacial score (nSPS) is 20.5. The fraction of sp³-hybridized carbons (Fsp3) is 0.526. The van der Waals surface area contributed by atoms with Gasteiger partial charge in [-0.05, 0) is 33.3 Å². The first-order valence-electron chi connectivity index (χ1n) is 8.57. The average molecular weight is 362 g/mol. The standard InChI is InChI=1S/C19H26N2O5/c1-18(2,3)26-16(23)20-10-11-21(19(4,13-20)14-22)17(24)25-12-15-8-6-5-7-9-15/h5-9,14H,10-13H2,1-4H3. The summed E-state index contributed by atoms with van der Waals surface area (Å²) in [6.45, 7) is 7.61. The second-order valence-electron chi connectivity index (χ2n) is 7.57. The van der Waals surface area contributed by atoms with E-state index in [1.165, 1.54) is 9.80 Å². The van der Waals surface area contributed by atoms with Gasteiger partial charge in [0, 0.05) is 13.1 Å². The van der Waals surface area contributed by atoms with Crippen molar-refractivity contribution >= 4 is 18.5 Å². The fourth-order valence-corrected chi connectivity index (χ4v) is 2.71. The molecule has 0 spiro atoms. The Balaban J connectivity index is 2.01. The second kappa shape index (κ2) is 7.76. The van der Waals surface area contributed by atoms with Crippen LogP contribution in [-0.4, -0.2) is 59.0 Å². The highest BCUT2D eigenvalue weighted by molar-refractivity contribution is 5.78. The van der Waals surface area contributed by atoms with E-state index in [4.69, 9.17) is 9.47 Å². The Morgan fingerprint density at radius 1 is 1.15 bits per heavy atom. The van der Waals surface area contributed by atoms with E-state index in [1.807, 2.05) is 30.3 Å². The van der Waals surface area contributed by atoms with Gasteiger partial charge in [-0.3, -0.25) is 4.90 Å². The molecule has 1 aliphatic heterocycles. The molecule has 1 aromatic carbocycles. The summed E-state index contributed by atoms with van der Waals surface area (Å²) in [4.78, 5) is 39.2. The molecule has 0 aromatic heterocycles. The Kier molecular flexibility index (Phi) is 5.90. The van der Waals surface area contributed by atoms with Crippen molar-refractivity contribution in [2.75, 3.05) is 19.6 Å². The van der Waals surface area contributed by atoms with Gasteiger partial charge in [-0.15, -0.1) is 0 Å². The predicted molar refractivity (Wildman–Crippen MR) is 95.6 cm³/mol. The third-order valence-electron chi connectivity index (χ3n) is 4.05. The summed E-state index contributed by atoms with van der Waals surface area (Å²) in [6, 6.07) is 9.31. The maximum atomic E-state index is 12.5. The van der Waals surface area contributed by atoms with Gasteiger partial charge in [-0.2, -0.15) is 0 Å². The number of rotatable bonds is 3. The molecule has 2 amide bonds. The van der Waals surface area contributed by atoms with E-state index in [0.717, 1.165) is 5.56 Å². The van der Waals surface area contributed by atoms with Crippen molar-refractivity contribution in [1.82, 2.24) is 9.80 Å². The number of ether oxygens (including phenoxy) is 2. The monoisotopic (exact) mass is 362 g/mol. The van der Waals surface area contributed by atoms with Crippen molar-refractivity contribution in [1.29, 1.82) is 0 Å². The largest absolute Gasteiger partial charge is 0.445 e. The van der Waals surface area contributed by atoms with Crippen LogP contribution in [0.15, 0.2) is 30.3 Å². The quantitative estimate of drug-likeness (QED) is 0.773. The summed E-state index contributed by atoms with van der Waals surface area (Å²) in [6.07, 6.45) is -0.400. The van der Waals surface area contributed by atoms with Gasteiger partial charge >= 0.3 is 12.2 Å². The third kappa shape index (κ3) is 4.97. The number of amides is 2. The lowest BCUT2D eigenvalue weighted by molar-refractivity contribution is -0.120. The molecule has 1 aromatic rings. The Morgan fingerprint density at radius 3 is 2.38 bits per heavy atom. The predicted octanol–water partition coefficient (Wildman–Crippen LogP) is 2.83. The van der Waals surface area contributed by atoms with Crippen molar-refractivity contribution in [2.24, 2.45) is 0 Å². The zero-order chi connectivity index (χ0) is 19.4. The van der Waals surface area contributed by atoms with Gasteiger partial charge in [0.25, 0.3) is 0 Å². The number of carbonyl (C=O) groups excluding carboxylic acids is 3. The Bertz CT molecular complexity index is 656. The molecule has 0 N–H and O–H groups in total.